The second-order valence-corrected chi connectivity index (χ2v) is 9.26. The van der Waals surface area contributed by atoms with Gasteiger partial charge in [-0.25, -0.2) is 0 Å². The molecule has 0 aliphatic carbocycles. The summed E-state index contributed by atoms with van der Waals surface area (Å²) >= 11 is 19.4. The number of nitrogens with one attached hydrogen (secondary N) is 1. The van der Waals surface area contributed by atoms with E-state index in [0.717, 1.165) is 17.0 Å². The summed E-state index contributed by atoms with van der Waals surface area (Å²) in [7, 11) is 0. The molecule has 3 aromatic carbocycles. The molecule has 6 nitrogen and oxygen atoms in total. The first-order valence-electron chi connectivity index (χ1n) is 10.3. The van der Waals surface area contributed by atoms with Gasteiger partial charge in [-0.05, 0) is 73.7 Å². The lowest BCUT2D eigenvalue weighted by Gasteiger charge is -2.12. The molecule has 0 spiro atoms. The van der Waals surface area contributed by atoms with Crippen LogP contribution in [0.1, 0.15) is 6.92 Å². The number of carbonyl (C=O) groups is 1. The maximum atomic E-state index is 12.6. The van der Waals surface area contributed by atoms with Crippen molar-refractivity contribution in [1.29, 1.82) is 0 Å². The molecule has 0 bridgehead atoms. The molecular weight excluding hydrogens is 515 g/mol. The highest BCUT2D eigenvalue weighted by Crippen LogP contribution is 2.30. The smallest absolute Gasteiger partial charge is 0.234 e. The second kappa shape index (κ2) is 11.1. The molecule has 0 unspecified atom stereocenters. The van der Waals surface area contributed by atoms with E-state index in [1.807, 2.05) is 47.9 Å². The Labute approximate surface area is 216 Å². The lowest BCUT2D eigenvalue weighted by atomic mass is 10.2. The standard InChI is InChI=1S/C24H19Cl3N4O2S/c1-2-33-19-10-8-18(9-11-19)31-23(15-3-5-16(25)6-4-15)29-30-24(31)34-14-22(32)28-21-12-7-17(26)13-20(21)27/h3-13H,2,14H2,1H3,(H,28,32). The molecular formula is C24H19Cl3N4O2S. The Morgan fingerprint density at radius 1 is 0.971 bits per heavy atom. The van der Waals surface area contributed by atoms with E-state index in [-0.39, 0.29) is 11.7 Å². The topological polar surface area (TPSA) is 69.0 Å². The van der Waals surface area contributed by atoms with Crippen LogP contribution in [-0.4, -0.2) is 33.0 Å². The van der Waals surface area contributed by atoms with Crippen LogP contribution in [0, 0.1) is 0 Å². The van der Waals surface area contributed by atoms with Gasteiger partial charge in [0.15, 0.2) is 11.0 Å². The Morgan fingerprint density at radius 3 is 2.35 bits per heavy atom. The van der Waals surface area contributed by atoms with Crippen LogP contribution >= 0.6 is 46.6 Å². The number of hydrogen-bond donors (Lipinski definition) is 1. The normalized spacial score (nSPS) is 10.8. The van der Waals surface area contributed by atoms with Gasteiger partial charge in [-0.3, -0.25) is 9.36 Å². The zero-order valence-electron chi connectivity index (χ0n) is 18.0. The van der Waals surface area contributed by atoms with Crippen LogP contribution in [0.2, 0.25) is 15.1 Å². The highest BCUT2D eigenvalue weighted by Gasteiger charge is 2.18. The maximum absolute atomic E-state index is 12.6. The van der Waals surface area contributed by atoms with Crippen LogP contribution in [-0.2, 0) is 4.79 Å². The summed E-state index contributed by atoms with van der Waals surface area (Å²) in [5, 5.41) is 13.6. The molecule has 0 aliphatic rings. The minimum atomic E-state index is -0.233. The van der Waals surface area contributed by atoms with Crippen LogP contribution in [0.4, 0.5) is 5.69 Å². The number of hydrogen-bond acceptors (Lipinski definition) is 5. The third-order valence-corrected chi connectivity index (χ3v) is 6.41. The van der Waals surface area contributed by atoms with Crippen LogP contribution in [0.25, 0.3) is 17.1 Å². The number of halogens is 3. The molecule has 34 heavy (non-hydrogen) atoms. The van der Waals surface area contributed by atoms with Gasteiger partial charge in [0, 0.05) is 21.3 Å². The fraction of sp³-hybridized carbons (Fsp3) is 0.125. The molecule has 1 heterocycles. The summed E-state index contributed by atoms with van der Waals surface area (Å²) in [4.78, 5) is 12.6. The first kappa shape index (κ1) is 24.4. The van der Waals surface area contributed by atoms with Gasteiger partial charge in [0.1, 0.15) is 5.75 Å². The highest BCUT2D eigenvalue weighted by molar-refractivity contribution is 7.99. The van der Waals surface area contributed by atoms with Crippen molar-refractivity contribution in [1.82, 2.24) is 14.8 Å². The minimum absolute atomic E-state index is 0.106. The number of nitrogens with zero attached hydrogens (tertiary/aromatic N) is 3. The number of aromatic nitrogens is 3. The van der Waals surface area contributed by atoms with Crippen molar-refractivity contribution in [2.24, 2.45) is 0 Å². The number of amides is 1. The average molecular weight is 534 g/mol. The van der Waals surface area contributed by atoms with Gasteiger partial charge in [0.05, 0.1) is 23.1 Å². The molecule has 4 aromatic rings. The molecule has 1 N–H and O–H groups in total. The summed E-state index contributed by atoms with van der Waals surface area (Å²) in [6.07, 6.45) is 0. The molecule has 0 aliphatic heterocycles. The van der Waals surface area contributed by atoms with E-state index in [0.29, 0.717) is 38.3 Å². The van der Waals surface area contributed by atoms with Gasteiger partial charge < -0.3 is 10.1 Å². The van der Waals surface area contributed by atoms with Gasteiger partial charge in [-0.1, -0.05) is 46.6 Å². The third kappa shape index (κ3) is 5.85. The number of benzene rings is 3. The fourth-order valence-electron chi connectivity index (χ4n) is 3.15. The molecule has 1 amide bonds. The molecule has 0 saturated heterocycles. The average Bonchev–Trinajstić information content (AvgIpc) is 3.25. The minimum Gasteiger partial charge on any atom is -0.494 e. The Kier molecular flexibility index (Phi) is 8.00. The van der Waals surface area contributed by atoms with E-state index in [1.54, 1.807) is 30.3 Å². The third-order valence-electron chi connectivity index (χ3n) is 4.68. The van der Waals surface area contributed by atoms with Crippen LogP contribution in [0.3, 0.4) is 0 Å². The van der Waals surface area contributed by atoms with Crippen molar-refractivity contribution < 1.29 is 9.53 Å². The SMILES string of the molecule is CCOc1ccc(-n2c(SCC(=O)Nc3ccc(Cl)cc3Cl)nnc2-c2ccc(Cl)cc2)cc1. The van der Waals surface area contributed by atoms with Crippen molar-refractivity contribution in [3.8, 4) is 22.8 Å². The summed E-state index contributed by atoms with van der Waals surface area (Å²) < 4.78 is 7.45. The molecule has 10 heteroatoms. The number of thioether (sulfide) groups is 1. The van der Waals surface area contributed by atoms with E-state index < -0.39 is 0 Å². The number of anilines is 1. The van der Waals surface area contributed by atoms with Crippen LogP contribution < -0.4 is 10.1 Å². The van der Waals surface area contributed by atoms with Gasteiger partial charge >= 0.3 is 0 Å². The first-order valence-corrected chi connectivity index (χ1v) is 12.4. The largest absolute Gasteiger partial charge is 0.494 e. The Hall–Kier alpha value is -2.71. The van der Waals surface area contributed by atoms with Crippen LogP contribution in [0.5, 0.6) is 5.75 Å². The molecule has 0 fully saturated rings. The lowest BCUT2D eigenvalue weighted by Crippen LogP contribution is -2.15. The lowest BCUT2D eigenvalue weighted by molar-refractivity contribution is -0.113. The predicted molar refractivity (Wildman–Crippen MR) is 139 cm³/mol. The zero-order valence-corrected chi connectivity index (χ0v) is 21.0. The number of rotatable bonds is 8. The van der Waals surface area contributed by atoms with Gasteiger partial charge in [0.2, 0.25) is 5.91 Å². The first-order chi connectivity index (χ1) is 16.4. The van der Waals surface area contributed by atoms with Crippen molar-refractivity contribution in [2.45, 2.75) is 12.1 Å². The predicted octanol–water partition coefficient (Wildman–Crippen LogP) is 7.02. The molecule has 0 radical (unpaired) electrons. The maximum Gasteiger partial charge on any atom is 0.234 e. The molecule has 1 aromatic heterocycles. The fourth-order valence-corrected chi connectivity index (χ4v) is 4.48. The summed E-state index contributed by atoms with van der Waals surface area (Å²) in [6, 6.07) is 19.9. The monoisotopic (exact) mass is 532 g/mol. The molecule has 4 rings (SSSR count). The number of ether oxygens (including phenoxy) is 1. The Balaban J connectivity index is 1.60. The van der Waals surface area contributed by atoms with Crippen LogP contribution in [0.15, 0.2) is 71.9 Å². The van der Waals surface area contributed by atoms with Crippen molar-refractivity contribution >= 4 is 58.2 Å². The van der Waals surface area contributed by atoms with Crippen molar-refractivity contribution in [3.05, 3.63) is 81.8 Å². The molecule has 174 valence electrons. The molecule has 0 saturated carbocycles. The van der Waals surface area contributed by atoms with E-state index in [9.17, 15) is 4.79 Å². The van der Waals surface area contributed by atoms with Gasteiger partial charge in [-0.15, -0.1) is 10.2 Å². The summed E-state index contributed by atoms with van der Waals surface area (Å²) in [5.41, 5.74) is 2.17. The quantitative estimate of drug-likeness (QED) is 0.246. The Morgan fingerprint density at radius 2 is 1.68 bits per heavy atom. The zero-order chi connectivity index (χ0) is 24.1. The van der Waals surface area contributed by atoms with Crippen molar-refractivity contribution in [3.63, 3.8) is 0 Å². The molecule has 0 atom stereocenters. The van der Waals surface area contributed by atoms with Gasteiger partial charge in [0.25, 0.3) is 0 Å². The van der Waals surface area contributed by atoms with E-state index in [1.165, 1.54) is 11.8 Å². The number of carbonyl (C=O) groups excluding carboxylic acids is 1. The van der Waals surface area contributed by atoms with E-state index in [4.69, 9.17) is 39.5 Å². The summed E-state index contributed by atoms with van der Waals surface area (Å²) in [5.74, 6) is 1.27. The van der Waals surface area contributed by atoms with Gasteiger partial charge in [-0.2, -0.15) is 0 Å². The summed E-state index contributed by atoms with van der Waals surface area (Å²) in [6.45, 7) is 2.51. The second-order valence-electron chi connectivity index (χ2n) is 7.04. The van der Waals surface area contributed by atoms with E-state index >= 15 is 0 Å². The van der Waals surface area contributed by atoms with Crippen molar-refractivity contribution in [2.75, 3.05) is 17.7 Å². The highest BCUT2D eigenvalue weighted by atomic mass is 35.5. The Bertz CT molecular complexity index is 1290. The van der Waals surface area contributed by atoms with E-state index in [2.05, 4.69) is 15.5 Å².